The fraction of sp³-hybridized carbons (Fsp3) is 0.421. The SMILES string of the molecule is C[C@@H]1CCc2c(sc3ncn([C@H](C)Cc4cccnc4)c(=O)c23)C1. The standard InChI is InChI=1S/C19H21N3OS/c1-12-5-6-15-16(8-12)24-18-17(15)19(23)22(11-21-18)13(2)9-14-4-3-7-20-10-14/h3-4,7,10-13H,5-6,8-9H2,1-2H3/t12-,13-/m1/s1. The summed E-state index contributed by atoms with van der Waals surface area (Å²) >= 11 is 1.71. The van der Waals surface area contributed by atoms with Crippen molar-refractivity contribution in [2.45, 2.75) is 45.6 Å². The Bertz CT molecular complexity index is 929. The number of pyridine rings is 1. The van der Waals surface area contributed by atoms with Gasteiger partial charge in [-0.05, 0) is 55.7 Å². The fourth-order valence-electron chi connectivity index (χ4n) is 3.62. The highest BCUT2D eigenvalue weighted by Gasteiger charge is 2.23. The van der Waals surface area contributed by atoms with Gasteiger partial charge in [0, 0.05) is 23.3 Å². The molecule has 2 atom stereocenters. The quantitative estimate of drug-likeness (QED) is 0.729. The molecule has 0 N–H and O–H groups in total. The van der Waals surface area contributed by atoms with Crippen molar-refractivity contribution in [3.8, 4) is 0 Å². The highest BCUT2D eigenvalue weighted by atomic mass is 32.1. The summed E-state index contributed by atoms with van der Waals surface area (Å²) in [5.74, 6) is 0.706. The van der Waals surface area contributed by atoms with Crippen molar-refractivity contribution >= 4 is 21.6 Å². The maximum absolute atomic E-state index is 13.1. The van der Waals surface area contributed by atoms with Gasteiger partial charge in [0.05, 0.1) is 11.7 Å². The van der Waals surface area contributed by atoms with Crippen LogP contribution in [0, 0.1) is 5.92 Å². The number of hydrogen-bond donors (Lipinski definition) is 0. The lowest BCUT2D eigenvalue weighted by Gasteiger charge is -2.18. The monoisotopic (exact) mass is 339 g/mol. The lowest BCUT2D eigenvalue weighted by molar-refractivity contribution is 0.507. The molecule has 5 heteroatoms. The number of thiophene rings is 1. The normalized spacial score (nSPS) is 18.5. The van der Waals surface area contributed by atoms with Crippen molar-refractivity contribution in [3.63, 3.8) is 0 Å². The van der Waals surface area contributed by atoms with Gasteiger partial charge in [-0.2, -0.15) is 0 Å². The third-order valence-electron chi connectivity index (χ3n) is 4.97. The average molecular weight is 339 g/mol. The van der Waals surface area contributed by atoms with Crippen LogP contribution in [0.3, 0.4) is 0 Å². The minimum Gasteiger partial charge on any atom is -0.295 e. The van der Waals surface area contributed by atoms with Crippen LogP contribution in [0.25, 0.3) is 10.2 Å². The first-order valence-electron chi connectivity index (χ1n) is 8.53. The molecule has 0 unspecified atom stereocenters. The maximum Gasteiger partial charge on any atom is 0.262 e. The van der Waals surface area contributed by atoms with E-state index < -0.39 is 0 Å². The first kappa shape index (κ1) is 15.5. The van der Waals surface area contributed by atoms with Crippen molar-refractivity contribution in [2.75, 3.05) is 0 Å². The number of nitrogens with zero attached hydrogens (tertiary/aromatic N) is 3. The van der Waals surface area contributed by atoms with Crippen molar-refractivity contribution in [3.05, 3.63) is 57.2 Å². The Morgan fingerprint density at radius 3 is 3.12 bits per heavy atom. The topological polar surface area (TPSA) is 47.8 Å². The second-order valence-corrected chi connectivity index (χ2v) is 7.99. The third kappa shape index (κ3) is 2.67. The molecule has 1 aliphatic rings. The van der Waals surface area contributed by atoms with Gasteiger partial charge in [0.25, 0.3) is 5.56 Å². The van der Waals surface area contributed by atoms with Crippen LogP contribution in [-0.2, 0) is 19.3 Å². The molecule has 0 aliphatic heterocycles. The summed E-state index contributed by atoms with van der Waals surface area (Å²) in [6, 6.07) is 4.05. The zero-order chi connectivity index (χ0) is 16.7. The molecule has 0 amide bonds. The van der Waals surface area contributed by atoms with Gasteiger partial charge in [-0.25, -0.2) is 4.98 Å². The second kappa shape index (κ2) is 6.13. The Labute approximate surface area is 145 Å². The largest absolute Gasteiger partial charge is 0.295 e. The van der Waals surface area contributed by atoms with E-state index in [0.717, 1.165) is 35.0 Å². The van der Waals surface area contributed by atoms with Crippen LogP contribution in [0.15, 0.2) is 35.6 Å². The van der Waals surface area contributed by atoms with Crippen LogP contribution in [0.4, 0.5) is 0 Å². The Morgan fingerprint density at radius 2 is 2.33 bits per heavy atom. The lowest BCUT2D eigenvalue weighted by atomic mass is 9.89. The number of fused-ring (bicyclic) bond motifs is 3. The Morgan fingerprint density at radius 1 is 1.46 bits per heavy atom. The molecule has 0 aromatic carbocycles. The molecule has 4 nitrogen and oxygen atoms in total. The molecular formula is C19H21N3OS. The molecule has 3 aromatic heterocycles. The van der Waals surface area contributed by atoms with Crippen molar-refractivity contribution in [1.82, 2.24) is 14.5 Å². The lowest BCUT2D eigenvalue weighted by Crippen LogP contribution is -2.25. The van der Waals surface area contributed by atoms with E-state index in [9.17, 15) is 4.79 Å². The van der Waals surface area contributed by atoms with Crippen LogP contribution in [-0.4, -0.2) is 14.5 Å². The highest BCUT2D eigenvalue weighted by molar-refractivity contribution is 7.18. The molecule has 4 rings (SSSR count). The highest BCUT2D eigenvalue weighted by Crippen LogP contribution is 2.35. The van der Waals surface area contributed by atoms with Gasteiger partial charge >= 0.3 is 0 Å². The van der Waals surface area contributed by atoms with Gasteiger partial charge in [-0.15, -0.1) is 11.3 Å². The van der Waals surface area contributed by atoms with Crippen molar-refractivity contribution < 1.29 is 0 Å². The van der Waals surface area contributed by atoms with E-state index in [1.165, 1.54) is 16.9 Å². The molecule has 24 heavy (non-hydrogen) atoms. The third-order valence-corrected chi connectivity index (χ3v) is 6.13. The summed E-state index contributed by atoms with van der Waals surface area (Å²) in [5.41, 5.74) is 2.51. The van der Waals surface area contributed by atoms with Gasteiger partial charge < -0.3 is 0 Å². The molecule has 3 aromatic rings. The zero-order valence-electron chi connectivity index (χ0n) is 14.0. The molecular weight excluding hydrogens is 318 g/mol. The molecule has 1 aliphatic carbocycles. The summed E-state index contributed by atoms with van der Waals surface area (Å²) < 4.78 is 1.79. The molecule has 0 spiro atoms. The number of aryl methyl sites for hydroxylation is 1. The summed E-state index contributed by atoms with van der Waals surface area (Å²) in [6.45, 7) is 4.36. The summed E-state index contributed by atoms with van der Waals surface area (Å²) in [6.07, 6.45) is 9.39. The minimum atomic E-state index is 0.0664. The Kier molecular flexibility index (Phi) is 3.96. The first-order chi connectivity index (χ1) is 11.6. The predicted octanol–water partition coefficient (Wildman–Crippen LogP) is 3.78. The van der Waals surface area contributed by atoms with Gasteiger partial charge in [0.2, 0.25) is 0 Å². The van der Waals surface area contributed by atoms with Gasteiger partial charge in [0.15, 0.2) is 0 Å². The first-order valence-corrected chi connectivity index (χ1v) is 9.35. The molecule has 0 fully saturated rings. The van der Waals surface area contributed by atoms with Crippen molar-refractivity contribution in [1.29, 1.82) is 0 Å². The van der Waals surface area contributed by atoms with E-state index in [0.29, 0.717) is 5.92 Å². The van der Waals surface area contributed by atoms with Crippen LogP contribution < -0.4 is 5.56 Å². The van der Waals surface area contributed by atoms with E-state index in [2.05, 4.69) is 23.8 Å². The Balaban J connectivity index is 1.74. The van der Waals surface area contributed by atoms with Gasteiger partial charge in [0.1, 0.15) is 4.83 Å². The molecule has 124 valence electrons. The van der Waals surface area contributed by atoms with Crippen LogP contribution in [0.1, 0.15) is 42.3 Å². The van der Waals surface area contributed by atoms with E-state index in [4.69, 9.17) is 0 Å². The number of rotatable bonds is 3. The van der Waals surface area contributed by atoms with Crippen LogP contribution in [0.2, 0.25) is 0 Å². The van der Waals surface area contributed by atoms with E-state index in [-0.39, 0.29) is 11.6 Å². The smallest absolute Gasteiger partial charge is 0.262 e. The number of aromatic nitrogens is 3. The fourth-order valence-corrected chi connectivity index (χ4v) is 4.96. The average Bonchev–Trinajstić information content (AvgIpc) is 2.94. The second-order valence-electron chi connectivity index (χ2n) is 6.90. The summed E-state index contributed by atoms with van der Waals surface area (Å²) in [4.78, 5) is 24.1. The van der Waals surface area contributed by atoms with Crippen molar-refractivity contribution in [2.24, 2.45) is 5.92 Å². The van der Waals surface area contributed by atoms with E-state index >= 15 is 0 Å². The summed E-state index contributed by atoms with van der Waals surface area (Å²) in [7, 11) is 0. The molecule has 3 heterocycles. The predicted molar refractivity (Wildman–Crippen MR) is 97.7 cm³/mol. The molecule has 0 bridgehead atoms. The van der Waals surface area contributed by atoms with E-state index in [1.54, 1.807) is 28.4 Å². The van der Waals surface area contributed by atoms with E-state index in [1.807, 2.05) is 18.3 Å². The summed E-state index contributed by atoms with van der Waals surface area (Å²) in [5, 5.41) is 0.863. The maximum atomic E-state index is 13.1. The van der Waals surface area contributed by atoms with Crippen LogP contribution in [0.5, 0.6) is 0 Å². The Hall–Kier alpha value is -2.01. The zero-order valence-corrected chi connectivity index (χ0v) is 14.8. The van der Waals surface area contributed by atoms with Crippen LogP contribution >= 0.6 is 11.3 Å². The number of hydrogen-bond acceptors (Lipinski definition) is 4. The van der Waals surface area contributed by atoms with Gasteiger partial charge in [-0.1, -0.05) is 13.0 Å². The molecule has 0 radical (unpaired) electrons. The molecule has 0 saturated carbocycles. The minimum absolute atomic E-state index is 0.0664. The molecule has 0 saturated heterocycles. The van der Waals surface area contributed by atoms with Gasteiger partial charge in [-0.3, -0.25) is 14.3 Å².